The van der Waals surface area contributed by atoms with E-state index >= 15 is 0 Å². The summed E-state index contributed by atoms with van der Waals surface area (Å²) in [6.45, 7) is 8.18. The Labute approximate surface area is 184 Å². The first-order valence-electron chi connectivity index (χ1n) is 11.4. The monoisotopic (exact) mass is 414 g/mol. The fourth-order valence-corrected chi connectivity index (χ4v) is 5.02. The summed E-state index contributed by atoms with van der Waals surface area (Å²) in [6.07, 6.45) is 5.54. The third-order valence-electron chi connectivity index (χ3n) is 6.71. The van der Waals surface area contributed by atoms with Crippen molar-refractivity contribution in [3.05, 3.63) is 71.4 Å². The van der Waals surface area contributed by atoms with Crippen molar-refractivity contribution < 1.29 is 4.79 Å². The van der Waals surface area contributed by atoms with Gasteiger partial charge >= 0.3 is 0 Å². The molecular weight excluding hydrogens is 384 g/mol. The lowest BCUT2D eigenvalue weighted by Gasteiger charge is -2.23. The molecule has 1 unspecified atom stereocenters. The predicted octanol–water partition coefficient (Wildman–Crippen LogP) is 4.47. The molecule has 5 nitrogen and oxygen atoms in total. The molecule has 0 aliphatic carbocycles. The Bertz CT molecular complexity index is 1080. The predicted molar refractivity (Wildman–Crippen MR) is 124 cm³/mol. The second-order valence-electron chi connectivity index (χ2n) is 8.93. The van der Waals surface area contributed by atoms with E-state index in [9.17, 15) is 4.79 Å². The fourth-order valence-electron chi connectivity index (χ4n) is 5.02. The highest BCUT2D eigenvalue weighted by Gasteiger charge is 2.33. The summed E-state index contributed by atoms with van der Waals surface area (Å²) >= 11 is 0. The second-order valence-corrected chi connectivity index (χ2v) is 8.93. The average Bonchev–Trinajstić information content (AvgIpc) is 3.54. The quantitative estimate of drug-likeness (QED) is 0.633. The minimum Gasteiger partial charge on any atom is -0.337 e. The average molecular weight is 415 g/mol. The summed E-state index contributed by atoms with van der Waals surface area (Å²) in [5.74, 6) is 0.0962. The van der Waals surface area contributed by atoms with Gasteiger partial charge in [0.15, 0.2) is 0 Å². The van der Waals surface area contributed by atoms with Gasteiger partial charge in [0.05, 0.1) is 11.3 Å². The van der Waals surface area contributed by atoms with Crippen LogP contribution in [0.4, 0.5) is 0 Å². The zero-order valence-electron chi connectivity index (χ0n) is 18.4. The molecule has 31 heavy (non-hydrogen) atoms. The van der Waals surface area contributed by atoms with Crippen LogP contribution in [0.15, 0.2) is 54.7 Å². The number of carbonyl (C=O) groups is 1. The Morgan fingerprint density at radius 2 is 1.77 bits per heavy atom. The van der Waals surface area contributed by atoms with Gasteiger partial charge in [0.2, 0.25) is 0 Å². The Hall–Kier alpha value is -2.92. The maximum absolute atomic E-state index is 13.7. The van der Waals surface area contributed by atoms with Gasteiger partial charge in [0.1, 0.15) is 5.69 Å². The summed E-state index contributed by atoms with van der Waals surface area (Å²) in [4.78, 5) is 18.3. The molecule has 0 N–H and O–H groups in total. The summed E-state index contributed by atoms with van der Waals surface area (Å²) in [5, 5.41) is 4.89. The van der Waals surface area contributed by atoms with E-state index in [1.54, 1.807) is 0 Å². The second kappa shape index (κ2) is 8.31. The highest BCUT2D eigenvalue weighted by Crippen LogP contribution is 2.30. The molecule has 1 atom stereocenters. The summed E-state index contributed by atoms with van der Waals surface area (Å²) in [6, 6.07) is 16.9. The van der Waals surface area contributed by atoms with Gasteiger partial charge in [-0.3, -0.25) is 9.69 Å². The van der Waals surface area contributed by atoms with Gasteiger partial charge in [0.25, 0.3) is 5.91 Å². The molecule has 1 aromatic heterocycles. The van der Waals surface area contributed by atoms with Gasteiger partial charge in [-0.25, -0.2) is 4.68 Å². The van der Waals surface area contributed by atoms with E-state index in [2.05, 4.69) is 36.9 Å². The normalized spacial score (nSPS) is 19.3. The number of amides is 1. The van der Waals surface area contributed by atoms with Crippen molar-refractivity contribution in [2.45, 2.75) is 39.2 Å². The number of likely N-dealkylation sites (tertiary alicyclic amines) is 2. The molecule has 2 fully saturated rings. The highest BCUT2D eigenvalue weighted by molar-refractivity contribution is 6.00. The van der Waals surface area contributed by atoms with Gasteiger partial charge < -0.3 is 4.90 Å². The van der Waals surface area contributed by atoms with Crippen LogP contribution in [-0.2, 0) is 0 Å². The number of aromatic nitrogens is 2. The van der Waals surface area contributed by atoms with Crippen LogP contribution in [-0.4, -0.2) is 57.7 Å². The van der Waals surface area contributed by atoms with Crippen molar-refractivity contribution in [1.82, 2.24) is 19.6 Å². The van der Waals surface area contributed by atoms with Crippen LogP contribution in [0.25, 0.3) is 16.9 Å². The van der Waals surface area contributed by atoms with E-state index in [1.807, 2.05) is 46.1 Å². The van der Waals surface area contributed by atoms with E-state index in [1.165, 1.54) is 31.5 Å². The molecular formula is C26H30N4O. The van der Waals surface area contributed by atoms with Gasteiger partial charge in [0, 0.05) is 30.9 Å². The molecule has 5 heteroatoms. The molecule has 2 aliphatic rings. The van der Waals surface area contributed by atoms with Crippen molar-refractivity contribution in [3.63, 3.8) is 0 Å². The van der Waals surface area contributed by atoms with Gasteiger partial charge in [-0.1, -0.05) is 42.0 Å². The number of rotatable bonds is 4. The van der Waals surface area contributed by atoms with Gasteiger partial charge in [-0.05, 0) is 63.9 Å². The summed E-state index contributed by atoms with van der Waals surface area (Å²) in [5.41, 5.74) is 5.81. The molecule has 3 heterocycles. The standard InChI is InChI=1S/C26H30N4O/c1-19-10-11-23(20(2)16-19)25-24(18-30(27-25)21-8-4-3-5-9-21)26(31)29-15-12-22(17-29)28-13-6-7-14-28/h3-5,8-11,16,18,22H,6-7,12-15,17H2,1-2H3. The number of carbonyl (C=O) groups excluding carboxylic acids is 1. The van der Waals surface area contributed by atoms with Crippen molar-refractivity contribution >= 4 is 5.91 Å². The maximum Gasteiger partial charge on any atom is 0.257 e. The zero-order valence-corrected chi connectivity index (χ0v) is 18.4. The number of hydrogen-bond donors (Lipinski definition) is 0. The lowest BCUT2D eigenvalue weighted by atomic mass is 10.0. The molecule has 0 bridgehead atoms. The minimum atomic E-state index is 0.0962. The molecule has 2 aromatic carbocycles. The van der Waals surface area contributed by atoms with Crippen molar-refractivity contribution in [2.24, 2.45) is 0 Å². The Balaban J connectivity index is 1.50. The molecule has 5 rings (SSSR count). The molecule has 1 amide bonds. The summed E-state index contributed by atoms with van der Waals surface area (Å²) in [7, 11) is 0. The van der Waals surface area contributed by atoms with E-state index in [0.717, 1.165) is 42.0 Å². The Kier molecular flexibility index (Phi) is 5.36. The Morgan fingerprint density at radius 3 is 2.52 bits per heavy atom. The highest BCUT2D eigenvalue weighted by atomic mass is 16.2. The number of para-hydroxylation sites is 1. The lowest BCUT2D eigenvalue weighted by Crippen LogP contribution is -2.37. The van der Waals surface area contributed by atoms with E-state index in [0.29, 0.717) is 11.6 Å². The fraction of sp³-hybridized carbons (Fsp3) is 0.385. The Morgan fingerprint density at radius 1 is 1.00 bits per heavy atom. The van der Waals surface area contributed by atoms with Crippen molar-refractivity contribution in [2.75, 3.05) is 26.2 Å². The molecule has 160 valence electrons. The molecule has 0 saturated carbocycles. The van der Waals surface area contributed by atoms with Crippen molar-refractivity contribution in [1.29, 1.82) is 0 Å². The largest absolute Gasteiger partial charge is 0.337 e. The zero-order chi connectivity index (χ0) is 21.4. The number of hydrogen-bond acceptors (Lipinski definition) is 3. The van der Waals surface area contributed by atoms with Crippen LogP contribution in [0, 0.1) is 13.8 Å². The minimum absolute atomic E-state index is 0.0962. The van der Waals surface area contributed by atoms with Gasteiger partial charge in [-0.15, -0.1) is 0 Å². The third kappa shape index (κ3) is 3.90. The van der Waals surface area contributed by atoms with Crippen LogP contribution in [0.1, 0.15) is 40.7 Å². The first-order chi connectivity index (χ1) is 15.1. The first kappa shape index (κ1) is 20.0. The SMILES string of the molecule is Cc1ccc(-c2nn(-c3ccccc3)cc2C(=O)N2CCC(N3CCCC3)C2)c(C)c1. The van der Waals surface area contributed by atoms with Gasteiger partial charge in [-0.2, -0.15) is 5.10 Å². The number of nitrogens with zero attached hydrogens (tertiary/aromatic N) is 4. The maximum atomic E-state index is 13.7. The van der Waals surface area contributed by atoms with E-state index in [4.69, 9.17) is 5.10 Å². The molecule has 2 aliphatic heterocycles. The van der Waals surface area contributed by atoms with Crippen LogP contribution in [0.2, 0.25) is 0 Å². The van der Waals surface area contributed by atoms with E-state index in [-0.39, 0.29) is 5.91 Å². The van der Waals surface area contributed by atoms with Crippen LogP contribution in [0.3, 0.4) is 0 Å². The molecule has 0 radical (unpaired) electrons. The number of aryl methyl sites for hydroxylation is 2. The number of benzene rings is 2. The van der Waals surface area contributed by atoms with Crippen LogP contribution >= 0.6 is 0 Å². The van der Waals surface area contributed by atoms with Crippen LogP contribution < -0.4 is 0 Å². The topological polar surface area (TPSA) is 41.4 Å². The lowest BCUT2D eigenvalue weighted by molar-refractivity contribution is 0.0781. The van der Waals surface area contributed by atoms with Crippen molar-refractivity contribution in [3.8, 4) is 16.9 Å². The molecule has 2 saturated heterocycles. The first-order valence-corrected chi connectivity index (χ1v) is 11.4. The third-order valence-corrected chi connectivity index (χ3v) is 6.71. The summed E-state index contributed by atoms with van der Waals surface area (Å²) < 4.78 is 1.84. The molecule has 0 spiro atoms. The smallest absolute Gasteiger partial charge is 0.257 e. The molecule has 3 aromatic rings. The van der Waals surface area contributed by atoms with Crippen LogP contribution in [0.5, 0.6) is 0 Å². The van der Waals surface area contributed by atoms with E-state index < -0.39 is 0 Å².